The number of halogens is 1. The summed E-state index contributed by atoms with van der Waals surface area (Å²) < 4.78 is 4.92. The van der Waals surface area contributed by atoms with Gasteiger partial charge in [-0.15, -0.1) is 11.3 Å². The van der Waals surface area contributed by atoms with Crippen molar-refractivity contribution in [3.8, 4) is 0 Å². The van der Waals surface area contributed by atoms with E-state index < -0.39 is 6.04 Å². The zero-order valence-electron chi connectivity index (χ0n) is 13.6. The van der Waals surface area contributed by atoms with Crippen LogP contribution in [0.3, 0.4) is 0 Å². The minimum Gasteiger partial charge on any atom is -0.468 e. The van der Waals surface area contributed by atoms with Crippen molar-refractivity contribution in [1.82, 2.24) is 15.2 Å². The molecule has 0 radical (unpaired) electrons. The van der Waals surface area contributed by atoms with Crippen molar-refractivity contribution >= 4 is 34.8 Å². The topological polar surface area (TPSA) is 71.5 Å². The monoisotopic (exact) mass is 379 g/mol. The summed E-state index contributed by atoms with van der Waals surface area (Å²) in [6, 6.07) is 6.98. The van der Waals surface area contributed by atoms with Gasteiger partial charge >= 0.3 is 5.97 Å². The SMILES string of the molecule is COC(=O)[C@@H]1C[C@@H](NC(=O)c2cncs2)CN1Cc1ccccc1Cl. The molecule has 1 aliphatic heterocycles. The highest BCUT2D eigenvalue weighted by atomic mass is 35.5. The number of thiazole rings is 1. The highest BCUT2D eigenvalue weighted by Crippen LogP contribution is 2.25. The summed E-state index contributed by atoms with van der Waals surface area (Å²) in [6.45, 7) is 1.07. The van der Waals surface area contributed by atoms with Crippen LogP contribution in [0.2, 0.25) is 5.02 Å². The van der Waals surface area contributed by atoms with E-state index in [2.05, 4.69) is 10.3 Å². The third-order valence-corrected chi connectivity index (χ3v) is 5.34. The second-order valence-corrected chi connectivity index (χ2v) is 7.13. The summed E-state index contributed by atoms with van der Waals surface area (Å²) in [5, 5.41) is 3.63. The average molecular weight is 380 g/mol. The molecule has 0 saturated carbocycles. The predicted molar refractivity (Wildman–Crippen MR) is 95.7 cm³/mol. The molecule has 1 N–H and O–H groups in total. The third-order valence-electron chi connectivity index (χ3n) is 4.20. The zero-order valence-corrected chi connectivity index (χ0v) is 15.2. The summed E-state index contributed by atoms with van der Waals surface area (Å²) in [5.41, 5.74) is 2.55. The molecule has 1 saturated heterocycles. The second kappa shape index (κ2) is 7.95. The first-order valence-electron chi connectivity index (χ1n) is 7.83. The molecule has 0 bridgehead atoms. The predicted octanol–water partition coefficient (Wildman–Crippen LogP) is 2.34. The van der Waals surface area contributed by atoms with Gasteiger partial charge in [0.05, 0.1) is 18.8 Å². The summed E-state index contributed by atoms with van der Waals surface area (Å²) >= 11 is 7.52. The number of esters is 1. The lowest BCUT2D eigenvalue weighted by atomic mass is 10.1. The Kier molecular flexibility index (Phi) is 5.67. The van der Waals surface area contributed by atoms with Gasteiger partial charge in [0.25, 0.3) is 5.91 Å². The number of hydrogen-bond donors (Lipinski definition) is 1. The van der Waals surface area contributed by atoms with Crippen molar-refractivity contribution < 1.29 is 14.3 Å². The molecule has 1 amide bonds. The fraction of sp³-hybridized carbons (Fsp3) is 0.353. The van der Waals surface area contributed by atoms with Gasteiger partial charge in [0.1, 0.15) is 10.9 Å². The number of ether oxygens (including phenoxy) is 1. The number of benzene rings is 1. The van der Waals surface area contributed by atoms with Crippen molar-refractivity contribution in [3.05, 3.63) is 51.4 Å². The molecule has 0 aliphatic carbocycles. The van der Waals surface area contributed by atoms with E-state index in [0.29, 0.717) is 29.4 Å². The summed E-state index contributed by atoms with van der Waals surface area (Å²) in [5.74, 6) is -0.475. The number of nitrogens with zero attached hydrogens (tertiary/aromatic N) is 2. The number of methoxy groups -OCH3 is 1. The fourth-order valence-corrected chi connectivity index (χ4v) is 3.71. The largest absolute Gasteiger partial charge is 0.468 e. The maximum Gasteiger partial charge on any atom is 0.323 e. The van der Waals surface area contributed by atoms with Crippen LogP contribution in [0.1, 0.15) is 21.7 Å². The second-order valence-electron chi connectivity index (χ2n) is 5.83. The first kappa shape index (κ1) is 17.8. The van der Waals surface area contributed by atoms with Gasteiger partial charge in [-0.05, 0) is 18.1 Å². The van der Waals surface area contributed by atoms with E-state index in [1.165, 1.54) is 24.6 Å². The van der Waals surface area contributed by atoms with Crippen LogP contribution in [0.4, 0.5) is 0 Å². The molecular formula is C17H18ClN3O3S. The molecule has 2 atom stereocenters. The van der Waals surface area contributed by atoms with Gasteiger partial charge in [0.2, 0.25) is 0 Å². The first-order chi connectivity index (χ1) is 12.1. The van der Waals surface area contributed by atoms with E-state index in [9.17, 15) is 9.59 Å². The number of aromatic nitrogens is 1. The van der Waals surface area contributed by atoms with E-state index in [1.807, 2.05) is 29.2 Å². The lowest BCUT2D eigenvalue weighted by Gasteiger charge is -2.22. The molecule has 2 heterocycles. The Morgan fingerprint density at radius 2 is 2.24 bits per heavy atom. The molecule has 3 rings (SSSR count). The number of carbonyl (C=O) groups excluding carboxylic acids is 2. The van der Waals surface area contributed by atoms with Crippen LogP contribution in [0.15, 0.2) is 36.0 Å². The molecule has 8 heteroatoms. The Morgan fingerprint density at radius 1 is 1.44 bits per heavy atom. The van der Waals surface area contributed by atoms with Gasteiger partial charge in [-0.25, -0.2) is 0 Å². The maximum atomic E-state index is 12.2. The van der Waals surface area contributed by atoms with Crippen LogP contribution in [-0.2, 0) is 16.1 Å². The lowest BCUT2D eigenvalue weighted by molar-refractivity contribution is -0.146. The van der Waals surface area contributed by atoms with Crippen LogP contribution >= 0.6 is 22.9 Å². The number of carbonyl (C=O) groups is 2. The molecule has 0 unspecified atom stereocenters. The Hall–Kier alpha value is -1.96. The molecule has 0 spiro atoms. The van der Waals surface area contributed by atoms with E-state index in [-0.39, 0.29) is 17.9 Å². The molecule has 1 fully saturated rings. The lowest BCUT2D eigenvalue weighted by Crippen LogP contribution is -2.37. The van der Waals surface area contributed by atoms with Gasteiger partial charge in [0.15, 0.2) is 0 Å². The number of nitrogens with one attached hydrogen (secondary N) is 1. The normalized spacial score (nSPS) is 20.4. The molecule has 1 aromatic heterocycles. The number of rotatable bonds is 5. The van der Waals surface area contributed by atoms with E-state index in [1.54, 1.807) is 5.51 Å². The number of amides is 1. The van der Waals surface area contributed by atoms with Crippen molar-refractivity contribution in [1.29, 1.82) is 0 Å². The van der Waals surface area contributed by atoms with Gasteiger partial charge in [-0.1, -0.05) is 29.8 Å². The van der Waals surface area contributed by atoms with Crippen molar-refractivity contribution in [3.63, 3.8) is 0 Å². The van der Waals surface area contributed by atoms with E-state index >= 15 is 0 Å². The molecule has 2 aromatic rings. The van der Waals surface area contributed by atoms with Crippen LogP contribution in [-0.4, -0.2) is 47.5 Å². The highest BCUT2D eigenvalue weighted by Gasteiger charge is 2.38. The average Bonchev–Trinajstić information content (AvgIpc) is 3.26. The zero-order chi connectivity index (χ0) is 17.8. The number of hydrogen-bond acceptors (Lipinski definition) is 6. The van der Waals surface area contributed by atoms with Crippen LogP contribution < -0.4 is 5.32 Å². The van der Waals surface area contributed by atoms with Crippen LogP contribution in [0.25, 0.3) is 0 Å². The van der Waals surface area contributed by atoms with Gasteiger partial charge < -0.3 is 10.1 Å². The Morgan fingerprint density at radius 3 is 2.92 bits per heavy atom. The standard InChI is InChI=1S/C17H18ClN3O3S/c1-24-17(23)14-6-12(20-16(22)15-7-19-10-25-15)9-21(14)8-11-4-2-3-5-13(11)18/h2-5,7,10,12,14H,6,8-9H2,1H3,(H,20,22)/t12-,14+/m1/s1. The summed E-state index contributed by atoms with van der Waals surface area (Å²) in [4.78, 5) is 30.8. The molecular weight excluding hydrogens is 362 g/mol. The van der Waals surface area contributed by atoms with Gasteiger partial charge in [-0.3, -0.25) is 19.5 Å². The molecule has 1 aliphatic rings. The molecule has 1 aromatic carbocycles. The van der Waals surface area contributed by atoms with Crippen LogP contribution in [0.5, 0.6) is 0 Å². The summed E-state index contributed by atoms with van der Waals surface area (Å²) in [7, 11) is 1.37. The van der Waals surface area contributed by atoms with Crippen molar-refractivity contribution in [2.45, 2.75) is 25.0 Å². The quantitative estimate of drug-likeness (QED) is 0.807. The highest BCUT2D eigenvalue weighted by molar-refractivity contribution is 7.11. The van der Waals surface area contributed by atoms with Crippen molar-refractivity contribution in [2.24, 2.45) is 0 Å². The van der Waals surface area contributed by atoms with E-state index in [0.717, 1.165) is 5.56 Å². The van der Waals surface area contributed by atoms with Crippen LogP contribution in [0, 0.1) is 0 Å². The molecule has 132 valence electrons. The molecule has 25 heavy (non-hydrogen) atoms. The van der Waals surface area contributed by atoms with Gasteiger partial charge in [0, 0.05) is 24.2 Å². The van der Waals surface area contributed by atoms with Gasteiger partial charge in [-0.2, -0.15) is 0 Å². The first-order valence-corrected chi connectivity index (χ1v) is 9.09. The van der Waals surface area contributed by atoms with E-state index in [4.69, 9.17) is 16.3 Å². The maximum absolute atomic E-state index is 12.2. The minimum absolute atomic E-state index is 0.138. The summed E-state index contributed by atoms with van der Waals surface area (Å²) in [6.07, 6.45) is 2.04. The molecule has 6 nitrogen and oxygen atoms in total. The Balaban J connectivity index is 1.71. The Labute approximate surface area is 154 Å². The Bertz CT molecular complexity index is 753. The minimum atomic E-state index is -0.409. The number of likely N-dealkylation sites (tertiary alicyclic amines) is 1. The fourth-order valence-electron chi connectivity index (χ4n) is 2.99. The van der Waals surface area contributed by atoms with Crippen molar-refractivity contribution in [2.75, 3.05) is 13.7 Å². The third kappa shape index (κ3) is 4.18. The smallest absolute Gasteiger partial charge is 0.323 e.